The summed E-state index contributed by atoms with van der Waals surface area (Å²) in [5, 5.41) is 2.53. The Morgan fingerprint density at radius 2 is 2.16 bits per heavy atom. The molecule has 0 saturated heterocycles. The highest BCUT2D eigenvalue weighted by Crippen LogP contribution is 2.32. The van der Waals surface area contributed by atoms with E-state index in [4.69, 9.17) is 17.3 Å². The van der Waals surface area contributed by atoms with Crippen LogP contribution in [0.25, 0.3) is 15.9 Å². The molecule has 0 bridgehead atoms. The fourth-order valence-electron chi connectivity index (χ4n) is 2.85. The quantitative estimate of drug-likeness (QED) is 0.506. The third-order valence-corrected chi connectivity index (χ3v) is 7.23. The fraction of sp³-hybridized carbons (Fsp3) is 0.133. The Bertz CT molecular complexity index is 1210. The number of hydrogen-bond donors (Lipinski definition) is 1. The lowest BCUT2D eigenvalue weighted by Gasteiger charge is -2.07. The SMILES string of the molecule is NCCc1cn(S(=O)(=O)c2c(Cl)nc3sccn23)c2ccc(Br)cc12. The maximum atomic E-state index is 13.3. The van der Waals surface area contributed by atoms with Crippen LogP contribution >= 0.6 is 38.9 Å². The zero-order valence-electron chi connectivity index (χ0n) is 12.7. The molecule has 6 nitrogen and oxygen atoms in total. The first-order valence-electron chi connectivity index (χ1n) is 7.29. The van der Waals surface area contributed by atoms with Crippen molar-refractivity contribution in [3.05, 3.63) is 51.2 Å². The van der Waals surface area contributed by atoms with Gasteiger partial charge >= 0.3 is 0 Å². The normalized spacial score (nSPS) is 12.4. The van der Waals surface area contributed by atoms with Crippen molar-refractivity contribution in [2.45, 2.75) is 11.4 Å². The number of rotatable bonds is 4. The molecule has 0 fully saturated rings. The van der Waals surface area contributed by atoms with Gasteiger partial charge in [0.1, 0.15) is 0 Å². The minimum atomic E-state index is -3.92. The molecular weight excluding hydrogens is 448 g/mol. The van der Waals surface area contributed by atoms with Gasteiger partial charge in [-0.25, -0.2) is 8.96 Å². The van der Waals surface area contributed by atoms with E-state index in [0.717, 1.165) is 15.4 Å². The fourth-order valence-corrected chi connectivity index (χ4v) is 6.03. The van der Waals surface area contributed by atoms with Crippen LogP contribution in [0.3, 0.4) is 0 Å². The van der Waals surface area contributed by atoms with Crippen LogP contribution in [0, 0.1) is 0 Å². The molecular formula is C15H12BrClN4O2S2. The zero-order valence-corrected chi connectivity index (χ0v) is 16.7. The van der Waals surface area contributed by atoms with Gasteiger partial charge in [0.25, 0.3) is 10.0 Å². The summed E-state index contributed by atoms with van der Waals surface area (Å²) in [5.41, 5.74) is 7.12. The van der Waals surface area contributed by atoms with Gasteiger partial charge in [-0.05, 0) is 36.7 Å². The molecule has 25 heavy (non-hydrogen) atoms. The standard InChI is InChI=1S/C15H12BrClN4O2S2/c16-10-1-2-12-11(7-10)9(3-4-18)8-21(12)25(22,23)14-13(17)19-15-20(14)5-6-24-15/h1-2,5-8H,3-4,18H2. The first kappa shape index (κ1) is 17.0. The van der Waals surface area contributed by atoms with Gasteiger partial charge in [-0.3, -0.25) is 4.40 Å². The van der Waals surface area contributed by atoms with E-state index in [9.17, 15) is 8.42 Å². The van der Waals surface area contributed by atoms with E-state index < -0.39 is 10.0 Å². The summed E-state index contributed by atoms with van der Waals surface area (Å²) in [7, 11) is -3.92. The summed E-state index contributed by atoms with van der Waals surface area (Å²) in [6.45, 7) is 0.424. The first-order chi connectivity index (χ1) is 11.9. The monoisotopic (exact) mass is 458 g/mol. The molecule has 2 N–H and O–H groups in total. The number of thiazole rings is 1. The van der Waals surface area contributed by atoms with Gasteiger partial charge in [-0.2, -0.15) is 8.42 Å². The minimum absolute atomic E-state index is 0.0359. The molecule has 0 aliphatic heterocycles. The highest BCUT2D eigenvalue weighted by Gasteiger charge is 2.28. The summed E-state index contributed by atoms with van der Waals surface area (Å²) >= 11 is 10.9. The highest BCUT2D eigenvalue weighted by atomic mass is 79.9. The van der Waals surface area contributed by atoms with Crippen molar-refractivity contribution in [1.29, 1.82) is 0 Å². The van der Waals surface area contributed by atoms with Gasteiger partial charge in [-0.1, -0.05) is 27.5 Å². The van der Waals surface area contributed by atoms with E-state index in [2.05, 4.69) is 20.9 Å². The summed E-state index contributed by atoms with van der Waals surface area (Å²) < 4.78 is 30.3. The van der Waals surface area contributed by atoms with Crippen molar-refractivity contribution in [2.24, 2.45) is 5.73 Å². The lowest BCUT2D eigenvalue weighted by atomic mass is 10.1. The third kappa shape index (κ3) is 2.61. The number of imidazole rings is 1. The molecule has 3 heterocycles. The van der Waals surface area contributed by atoms with Crippen molar-refractivity contribution in [3.63, 3.8) is 0 Å². The number of nitrogens with zero attached hydrogens (tertiary/aromatic N) is 3. The van der Waals surface area contributed by atoms with Crippen LogP contribution in [0.1, 0.15) is 5.56 Å². The summed E-state index contributed by atoms with van der Waals surface area (Å²) in [4.78, 5) is 4.66. The van der Waals surface area contributed by atoms with Crippen LogP contribution in [0.15, 0.2) is 45.5 Å². The molecule has 0 unspecified atom stereocenters. The van der Waals surface area contributed by atoms with Crippen LogP contribution in [-0.2, 0) is 16.4 Å². The van der Waals surface area contributed by atoms with Gasteiger partial charge in [-0.15, -0.1) is 11.3 Å². The van der Waals surface area contributed by atoms with Crippen LogP contribution in [0.4, 0.5) is 0 Å². The Balaban J connectivity index is 2.03. The second kappa shape index (κ2) is 6.10. The Morgan fingerprint density at radius 3 is 2.92 bits per heavy atom. The summed E-state index contributed by atoms with van der Waals surface area (Å²) in [6, 6.07) is 5.46. The van der Waals surface area contributed by atoms with E-state index in [1.807, 2.05) is 6.07 Å². The van der Waals surface area contributed by atoms with Crippen molar-refractivity contribution in [3.8, 4) is 0 Å². The predicted molar refractivity (Wildman–Crippen MR) is 103 cm³/mol. The van der Waals surface area contributed by atoms with Crippen molar-refractivity contribution in [1.82, 2.24) is 13.4 Å². The van der Waals surface area contributed by atoms with E-state index in [1.54, 1.807) is 29.9 Å². The van der Waals surface area contributed by atoms with Gasteiger partial charge in [0.2, 0.25) is 5.03 Å². The highest BCUT2D eigenvalue weighted by molar-refractivity contribution is 9.10. The molecule has 130 valence electrons. The topological polar surface area (TPSA) is 82.4 Å². The maximum Gasteiger partial charge on any atom is 0.287 e. The molecule has 4 rings (SSSR count). The number of fused-ring (bicyclic) bond motifs is 2. The Morgan fingerprint density at radius 1 is 1.36 bits per heavy atom. The number of halogens is 2. The average Bonchev–Trinajstić information content (AvgIpc) is 3.20. The summed E-state index contributed by atoms with van der Waals surface area (Å²) in [5.74, 6) is 0. The number of aromatic nitrogens is 3. The Hall–Kier alpha value is -1.39. The van der Waals surface area contributed by atoms with Gasteiger partial charge in [0.15, 0.2) is 10.1 Å². The third-order valence-electron chi connectivity index (χ3n) is 3.91. The predicted octanol–water partition coefficient (Wildman–Crippen LogP) is 3.50. The molecule has 10 heteroatoms. The van der Waals surface area contributed by atoms with Crippen LogP contribution in [-0.4, -0.2) is 28.3 Å². The number of benzene rings is 1. The molecule has 0 spiro atoms. The lowest BCUT2D eigenvalue weighted by Crippen LogP contribution is -2.14. The number of nitrogens with two attached hydrogens (primary N) is 1. The second-order valence-electron chi connectivity index (χ2n) is 5.42. The molecule has 0 aliphatic rings. The molecule has 0 saturated carbocycles. The van der Waals surface area contributed by atoms with Gasteiger partial charge in [0, 0.05) is 27.6 Å². The summed E-state index contributed by atoms with van der Waals surface area (Å²) in [6.07, 6.45) is 3.83. The number of hydrogen-bond acceptors (Lipinski definition) is 5. The molecule has 1 aromatic carbocycles. The van der Waals surface area contributed by atoms with E-state index in [1.165, 1.54) is 19.7 Å². The van der Waals surface area contributed by atoms with E-state index in [-0.39, 0.29) is 10.2 Å². The van der Waals surface area contributed by atoms with Crippen LogP contribution in [0.2, 0.25) is 5.15 Å². The molecule has 4 aromatic rings. The maximum absolute atomic E-state index is 13.3. The molecule has 0 atom stereocenters. The van der Waals surface area contributed by atoms with Crippen molar-refractivity contribution >= 4 is 64.8 Å². The average molecular weight is 460 g/mol. The molecule has 0 aliphatic carbocycles. The molecule has 0 amide bonds. The molecule has 0 radical (unpaired) electrons. The first-order valence-corrected chi connectivity index (χ1v) is 10.8. The lowest BCUT2D eigenvalue weighted by molar-refractivity contribution is 0.584. The van der Waals surface area contributed by atoms with Crippen LogP contribution < -0.4 is 5.73 Å². The van der Waals surface area contributed by atoms with Gasteiger partial charge in [0.05, 0.1) is 5.52 Å². The largest absolute Gasteiger partial charge is 0.330 e. The Kier molecular flexibility index (Phi) is 4.16. The zero-order chi connectivity index (χ0) is 17.8. The van der Waals surface area contributed by atoms with E-state index in [0.29, 0.717) is 23.4 Å². The van der Waals surface area contributed by atoms with Crippen molar-refractivity contribution < 1.29 is 8.42 Å². The van der Waals surface area contributed by atoms with Gasteiger partial charge < -0.3 is 5.73 Å². The second-order valence-corrected chi connectivity index (χ2v) is 9.30. The smallest absolute Gasteiger partial charge is 0.287 e. The van der Waals surface area contributed by atoms with E-state index >= 15 is 0 Å². The van der Waals surface area contributed by atoms with Crippen LogP contribution in [0.5, 0.6) is 0 Å². The Labute approximate surface area is 161 Å². The minimum Gasteiger partial charge on any atom is -0.330 e. The molecule has 3 aromatic heterocycles. The van der Waals surface area contributed by atoms with Crippen molar-refractivity contribution in [2.75, 3.05) is 6.54 Å².